The van der Waals surface area contributed by atoms with Gasteiger partial charge < -0.3 is 19.7 Å². The highest BCUT2D eigenvalue weighted by atomic mass is 16.5. The van der Waals surface area contributed by atoms with Crippen LogP contribution in [0.4, 0.5) is 11.4 Å². The molecule has 42 heavy (non-hydrogen) atoms. The Morgan fingerprint density at radius 1 is 0.500 bits per heavy atom. The maximum Gasteiger partial charge on any atom is 0.166 e. The van der Waals surface area contributed by atoms with Crippen molar-refractivity contribution >= 4 is 45.3 Å². The number of ether oxygens (including phenoxy) is 2. The highest BCUT2D eigenvalue weighted by molar-refractivity contribution is 6.13. The first-order valence-corrected chi connectivity index (χ1v) is 13.4. The summed E-state index contributed by atoms with van der Waals surface area (Å²) >= 11 is 0. The van der Waals surface area contributed by atoms with E-state index in [1.54, 1.807) is 36.7 Å². The molecule has 0 fully saturated rings. The lowest BCUT2D eigenvalue weighted by Crippen LogP contribution is -1.91. The van der Waals surface area contributed by atoms with E-state index >= 15 is 0 Å². The van der Waals surface area contributed by atoms with Crippen molar-refractivity contribution in [2.24, 2.45) is 9.98 Å². The number of fused-ring (bicyclic) bond motifs is 2. The van der Waals surface area contributed by atoms with Crippen molar-refractivity contribution in [3.8, 4) is 34.1 Å². The Kier molecular flexibility index (Phi) is 7.26. The number of rotatable bonds is 7. The van der Waals surface area contributed by atoms with Gasteiger partial charge >= 0.3 is 0 Å². The highest BCUT2D eigenvalue weighted by Gasteiger charge is 2.17. The molecule has 0 spiro atoms. The number of methoxy groups -OCH3 is 2. The van der Waals surface area contributed by atoms with Gasteiger partial charge in [-0.15, -0.1) is 0 Å². The van der Waals surface area contributed by atoms with E-state index in [2.05, 4.69) is 24.3 Å². The van der Waals surface area contributed by atoms with E-state index in [4.69, 9.17) is 19.5 Å². The van der Waals surface area contributed by atoms with Crippen LogP contribution in [0.25, 0.3) is 32.7 Å². The van der Waals surface area contributed by atoms with E-state index in [9.17, 15) is 10.2 Å². The molecule has 0 unspecified atom stereocenters. The molecule has 0 saturated carbocycles. The number of nitrogens with zero attached hydrogens (tertiary/aromatic N) is 2. The van der Waals surface area contributed by atoms with Gasteiger partial charge in [0, 0.05) is 34.7 Å². The molecule has 6 aromatic rings. The molecule has 0 aromatic heterocycles. The normalized spacial score (nSPS) is 11.6. The first-order valence-electron chi connectivity index (χ1n) is 13.4. The summed E-state index contributed by atoms with van der Waals surface area (Å²) in [5.41, 5.74) is 4.33. The quantitative estimate of drug-likeness (QED) is 0.194. The lowest BCUT2D eigenvalue weighted by molar-refractivity contribution is 0.373. The number of para-hydroxylation sites is 2. The van der Waals surface area contributed by atoms with Crippen LogP contribution in [-0.2, 0) is 0 Å². The fraction of sp³-hybridized carbons (Fsp3) is 0.0556. The molecule has 6 aromatic carbocycles. The molecule has 0 aliphatic carbocycles. The predicted octanol–water partition coefficient (Wildman–Crippen LogP) is 8.59. The Hall–Kier alpha value is -5.62. The van der Waals surface area contributed by atoms with Gasteiger partial charge in [0.05, 0.1) is 25.6 Å². The molecular formula is C36H28N2O4. The van der Waals surface area contributed by atoms with Crippen LogP contribution in [0.15, 0.2) is 119 Å². The van der Waals surface area contributed by atoms with Gasteiger partial charge in [0.15, 0.2) is 23.0 Å². The van der Waals surface area contributed by atoms with Gasteiger partial charge in [0.2, 0.25) is 0 Å². The van der Waals surface area contributed by atoms with E-state index in [1.165, 1.54) is 14.2 Å². The first kappa shape index (κ1) is 26.6. The molecule has 0 aliphatic heterocycles. The molecular weight excluding hydrogens is 524 g/mol. The van der Waals surface area contributed by atoms with Crippen LogP contribution in [0.5, 0.6) is 23.0 Å². The topological polar surface area (TPSA) is 83.6 Å². The van der Waals surface area contributed by atoms with Crippen LogP contribution in [-0.4, -0.2) is 36.9 Å². The molecule has 0 saturated heterocycles. The monoisotopic (exact) mass is 552 g/mol. The van der Waals surface area contributed by atoms with Crippen molar-refractivity contribution in [1.29, 1.82) is 0 Å². The van der Waals surface area contributed by atoms with E-state index in [0.29, 0.717) is 34.0 Å². The standard InChI is InChI=1S/C36H28N2O4/c1-41-31-15-7-11-25(35(31)39)21-37-29-19-17-23-9-3-5-13-27(23)33(29)34-28-14-6-4-10-24(28)18-20-30(34)38-22-26-12-8-16-32(42-2)36(26)40/h3-22,39-40H,1-2H3. The van der Waals surface area contributed by atoms with Crippen LogP contribution in [0.1, 0.15) is 11.1 Å². The molecule has 6 rings (SSSR count). The van der Waals surface area contributed by atoms with Crippen LogP contribution < -0.4 is 9.47 Å². The number of benzene rings is 6. The van der Waals surface area contributed by atoms with Gasteiger partial charge in [-0.3, -0.25) is 9.98 Å². The third-order valence-corrected chi connectivity index (χ3v) is 7.25. The van der Waals surface area contributed by atoms with Crippen molar-refractivity contribution in [3.63, 3.8) is 0 Å². The van der Waals surface area contributed by atoms with Crippen LogP contribution in [0, 0.1) is 0 Å². The molecule has 0 amide bonds. The van der Waals surface area contributed by atoms with E-state index < -0.39 is 0 Å². The average Bonchev–Trinajstić information content (AvgIpc) is 3.03. The zero-order chi connectivity index (χ0) is 29.1. The van der Waals surface area contributed by atoms with Gasteiger partial charge in [-0.2, -0.15) is 0 Å². The minimum atomic E-state index is 0.0274. The zero-order valence-corrected chi connectivity index (χ0v) is 23.2. The Morgan fingerprint density at radius 2 is 0.929 bits per heavy atom. The molecule has 6 nitrogen and oxygen atoms in total. The Bertz CT molecular complexity index is 1850. The van der Waals surface area contributed by atoms with Crippen molar-refractivity contribution in [3.05, 3.63) is 120 Å². The minimum Gasteiger partial charge on any atom is -0.504 e. The Balaban J connectivity index is 1.61. The smallest absolute Gasteiger partial charge is 0.166 e. The third-order valence-electron chi connectivity index (χ3n) is 7.25. The highest BCUT2D eigenvalue weighted by Crippen LogP contribution is 2.45. The number of aliphatic imine (C=N–C) groups is 2. The lowest BCUT2D eigenvalue weighted by Gasteiger charge is -2.16. The zero-order valence-electron chi connectivity index (χ0n) is 23.2. The summed E-state index contributed by atoms with van der Waals surface area (Å²) in [6.45, 7) is 0. The molecule has 0 aliphatic rings. The lowest BCUT2D eigenvalue weighted by atomic mass is 9.91. The molecule has 0 heterocycles. The SMILES string of the molecule is COc1cccc(C=Nc2ccc3ccccc3c2-c2c(N=Cc3cccc(OC)c3O)ccc3ccccc23)c1O. The molecule has 206 valence electrons. The van der Waals surface area contributed by atoms with Crippen molar-refractivity contribution in [1.82, 2.24) is 0 Å². The van der Waals surface area contributed by atoms with Gasteiger partial charge in [-0.1, -0.05) is 72.8 Å². The number of aromatic hydroxyl groups is 2. The predicted molar refractivity (Wildman–Crippen MR) is 171 cm³/mol. The number of phenolic OH excluding ortho intramolecular Hbond substituents is 2. The number of hydrogen-bond acceptors (Lipinski definition) is 6. The molecule has 2 N–H and O–H groups in total. The largest absolute Gasteiger partial charge is 0.504 e. The Labute approximate surface area is 243 Å². The Morgan fingerprint density at radius 3 is 1.36 bits per heavy atom. The summed E-state index contributed by atoms with van der Waals surface area (Å²) in [5, 5.41) is 25.5. The summed E-state index contributed by atoms with van der Waals surface area (Å²) < 4.78 is 10.6. The van der Waals surface area contributed by atoms with Gasteiger partial charge in [-0.05, 0) is 57.9 Å². The summed E-state index contributed by atoms with van der Waals surface area (Å²) in [7, 11) is 3.04. The second-order valence-electron chi connectivity index (χ2n) is 9.67. The van der Waals surface area contributed by atoms with Gasteiger partial charge in [0.25, 0.3) is 0 Å². The molecule has 0 radical (unpaired) electrons. The van der Waals surface area contributed by atoms with Gasteiger partial charge in [0.1, 0.15) is 0 Å². The van der Waals surface area contributed by atoms with Crippen molar-refractivity contribution < 1.29 is 19.7 Å². The van der Waals surface area contributed by atoms with Crippen LogP contribution in [0.2, 0.25) is 0 Å². The summed E-state index contributed by atoms with van der Waals surface area (Å²) in [6, 6.07) is 35.0. The van der Waals surface area contributed by atoms with Gasteiger partial charge in [-0.25, -0.2) is 0 Å². The van der Waals surface area contributed by atoms with Crippen LogP contribution in [0.3, 0.4) is 0 Å². The van der Waals surface area contributed by atoms with E-state index in [0.717, 1.165) is 32.7 Å². The average molecular weight is 553 g/mol. The van der Waals surface area contributed by atoms with E-state index in [-0.39, 0.29) is 11.5 Å². The van der Waals surface area contributed by atoms with E-state index in [1.807, 2.05) is 60.7 Å². The molecule has 6 heteroatoms. The minimum absolute atomic E-state index is 0.0274. The summed E-state index contributed by atoms with van der Waals surface area (Å²) in [4.78, 5) is 9.79. The second-order valence-corrected chi connectivity index (χ2v) is 9.67. The molecule has 0 bridgehead atoms. The van der Waals surface area contributed by atoms with Crippen molar-refractivity contribution in [2.45, 2.75) is 0 Å². The molecule has 0 atom stereocenters. The van der Waals surface area contributed by atoms with Crippen molar-refractivity contribution in [2.75, 3.05) is 14.2 Å². The fourth-order valence-corrected chi connectivity index (χ4v) is 5.16. The number of phenols is 2. The second kappa shape index (κ2) is 11.5. The third kappa shape index (κ3) is 4.90. The fourth-order valence-electron chi connectivity index (χ4n) is 5.16. The summed E-state index contributed by atoms with van der Waals surface area (Å²) in [5.74, 6) is 0.813. The summed E-state index contributed by atoms with van der Waals surface area (Å²) in [6.07, 6.45) is 3.29. The van der Waals surface area contributed by atoms with Crippen LogP contribution >= 0.6 is 0 Å². The number of hydrogen-bond donors (Lipinski definition) is 2. The first-order chi connectivity index (χ1) is 20.6. The maximum absolute atomic E-state index is 10.7. The maximum atomic E-state index is 10.7.